The molecule has 0 N–H and O–H groups in total. The highest BCUT2D eigenvalue weighted by Crippen LogP contribution is 2.21. The van der Waals surface area contributed by atoms with Crippen LogP contribution in [0.5, 0.6) is 0 Å². The van der Waals surface area contributed by atoms with E-state index in [4.69, 9.17) is 0 Å². The molecule has 0 amide bonds. The number of sulfonamides is 1. The van der Waals surface area contributed by atoms with Gasteiger partial charge in [-0.25, -0.2) is 22.7 Å². The molecule has 0 aliphatic rings. The van der Waals surface area contributed by atoms with Crippen molar-refractivity contribution in [3.05, 3.63) is 64.3 Å². The highest BCUT2D eigenvalue weighted by atomic mass is 32.2. The molecule has 0 bridgehead atoms. The maximum absolute atomic E-state index is 12.3. The molecule has 0 unspecified atom stereocenters. The van der Waals surface area contributed by atoms with E-state index in [0.29, 0.717) is 22.1 Å². The lowest BCUT2D eigenvalue weighted by molar-refractivity contribution is 0.520. The minimum Gasteiger partial charge on any atom is -0.269 e. The highest BCUT2D eigenvalue weighted by molar-refractivity contribution is 7.98. The number of pyridine rings is 2. The van der Waals surface area contributed by atoms with Crippen LogP contribution in [-0.2, 0) is 15.8 Å². The van der Waals surface area contributed by atoms with Crippen molar-refractivity contribution in [1.82, 2.24) is 18.7 Å². The Morgan fingerprint density at radius 3 is 2.62 bits per heavy atom. The lowest BCUT2D eigenvalue weighted by Gasteiger charge is -2.11. The molecule has 0 spiro atoms. The van der Waals surface area contributed by atoms with Gasteiger partial charge in [0.05, 0.1) is 10.7 Å². The van der Waals surface area contributed by atoms with Crippen LogP contribution < -0.4 is 5.56 Å². The minimum atomic E-state index is -3.49. The molecule has 3 aromatic rings. The van der Waals surface area contributed by atoms with E-state index in [1.807, 2.05) is 19.1 Å². The van der Waals surface area contributed by atoms with Crippen molar-refractivity contribution in [2.45, 2.75) is 22.6 Å². The van der Waals surface area contributed by atoms with E-state index in [1.165, 1.54) is 44.2 Å². The number of aryl methyl sites for hydroxylation is 1. The van der Waals surface area contributed by atoms with E-state index in [2.05, 4.69) is 9.97 Å². The predicted molar refractivity (Wildman–Crippen MR) is 101 cm³/mol. The van der Waals surface area contributed by atoms with Crippen LogP contribution in [0.15, 0.2) is 57.3 Å². The van der Waals surface area contributed by atoms with E-state index in [1.54, 1.807) is 16.5 Å². The zero-order valence-electron chi connectivity index (χ0n) is 14.6. The molecule has 136 valence electrons. The van der Waals surface area contributed by atoms with Gasteiger partial charge in [-0.2, -0.15) is 0 Å². The lowest BCUT2D eigenvalue weighted by Crippen LogP contribution is -2.22. The summed E-state index contributed by atoms with van der Waals surface area (Å²) in [6.07, 6.45) is 1.34. The van der Waals surface area contributed by atoms with Gasteiger partial charge in [0.15, 0.2) is 0 Å². The van der Waals surface area contributed by atoms with Gasteiger partial charge in [-0.05, 0) is 31.2 Å². The van der Waals surface area contributed by atoms with Crippen LogP contribution in [0.4, 0.5) is 0 Å². The Labute approximate surface area is 155 Å². The number of nitrogens with zero attached hydrogens (tertiary/aromatic N) is 4. The molecule has 9 heteroatoms. The molecule has 0 saturated carbocycles. The molecule has 26 heavy (non-hydrogen) atoms. The van der Waals surface area contributed by atoms with E-state index in [9.17, 15) is 13.2 Å². The maximum Gasteiger partial charge on any atom is 0.258 e. The summed E-state index contributed by atoms with van der Waals surface area (Å²) in [4.78, 5) is 21.1. The molecule has 3 heterocycles. The van der Waals surface area contributed by atoms with E-state index in [0.717, 1.165) is 10.00 Å². The van der Waals surface area contributed by atoms with Gasteiger partial charge < -0.3 is 0 Å². The van der Waals surface area contributed by atoms with Gasteiger partial charge in [0.25, 0.3) is 5.56 Å². The van der Waals surface area contributed by atoms with Crippen molar-refractivity contribution in [2.24, 2.45) is 0 Å². The van der Waals surface area contributed by atoms with Gasteiger partial charge in [0.1, 0.15) is 10.5 Å². The lowest BCUT2D eigenvalue weighted by atomic mass is 10.3. The normalized spacial score (nSPS) is 12.0. The maximum atomic E-state index is 12.3. The summed E-state index contributed by atoms with van der Waals surface area (Å²) < 4.78 is 26.8. The van der Waals surface area contributed by atoms with Gasteiger partial charge in [-0.1, -0.05) is 6.07 Å². The number of thioether (sulfide) groups is 1. The van der Waals surface area contributed by atoms with Crippen LogP contribution in [0.3, 0.4) is 0 Å². The third-order valence-electron chi connectivity index (χ3n) is 3.79. The summed E-state index contributed by atoms with van der Waals surface area (Å²) in [5, 5.41) is 0.661. The van der Waals surface area contributed by atoms with Gasteiger partial charge in [-0.3, -0.25) is 9.20 Å². The van der Waals surface area contributed by atoms with Crippen LogP contribution >= 0.6 is 11.8 Å². The molecule has 0 fully saturated rings. The molecule has 0 atom stereocenters. The Hall–Kier alpha value is -2.23. The van der Waals surface area contributed by atoms with Crippen molar-refractivity contribution < 1.29 is 8.42 Å². The number of hydrogen-bond acceptors (Lipinski definition) is 6. The molecule has 7 nitrogen and oxygen atoms in total. The number of fused-ring (bicyclic) bond motifs is 1. The Balaban J connectivity index is 1.79. The topological polar surface area (TPSA) is 84.6 Å². The fourth-order valence-corrected chi connectivity index (χ4v) is 3.98. The standard InChI is InChI=1S/C17H18N4O3S2/c1-12-5-4-6-15-19-13(9-17(22)21(12)15)11-25-16-8-7-14(10-18-16)26(23,24)20(2)3/h4-10H,11H2,1-3H3. The molecule has 3 rings (SSSR count). The summed E-state index contributed by atoms with van der Waals surface area (Å²) >= 11 is 1.39. The first-order valence-corrected chi connectivity index (χ1v) is 10.2. The summed E-state index contributed by atoms with van der Waals surface area (Å²) in [6, 6.07) is 10.2. The monoisotopic (exact) mass is 390 g/mol. The van der Waals surface area contributed by atoms with Crippen molar-refractivity contribution in [3.63, 3.8) is 0 Å². The molecule has 0 radical (unpaired) electrons. The second kappa shape index (κ2) is 7.18. The summed E-state index contributed by atoms with van der Waals surface area (Å²) in [7, 11) is -0.538. The molecular formula is C17H18N4O3S2. The predicted octanol–water partition coefficient (Wildman–Crippen LogP) is 1.94. The zero-order chi connectivity index (χ0) is 18.9. The van der Waals surface area contributed by atoms with Crippen LogP contribution in [0.2, 0.25) is 0 Å². The van der Waals surface area contributed by atoms with Crippen molar-refractivity contribution in [1.29, 1.82) is 0 Å². The van der Waals surface area contributed by atoms with Crippen molar-refractivity contribution in [2.75, 3.05) is 14.1 Å². The van der Waals surface area contributed by atoms with Gasteiger partial charge in [0, 0.05) is 37.8 Å². The average molecular weight is 390 g/mol. The Morgan fingerprint density at radius 1 is 1.19 bits per heavy atom. The molecular weight excluding hydrogens is 372 g/mol. The first-order valence-electron chi connectivity index (χ1n) is 7.79. The zero-order valence-corrected chi connectivity index (χ0v) is 16.2. The van der Waals surface area contributed by atoms with Crippen LogP contribution in [-0.4, -0.2) is 41.2 Å². The average Bonchev–Trinajstić information content (AvgIpc) is 2.60. The first-order chi connectivity index (χ1) is 12.3. The number of aromatic nitrogens is 3. The smallest absolute Gasteiger partial charge is 0.258 e. The van der Waals surface area contributed by atoms with E-state index in [-0.39, 0.29) is 10.5 Å². The van der Waals surface area contributed by atoms with E-state index >= 15 is 0 Å². The molecule has 3 aromatic heterocycles. The largest absolute Gasteiger partial charge is 0.269 e. The first kappa shape index (κ1) is 18.6. The Bertz CT molecular complexity index is 1110. The van der Waals surface area contributed by atoms with Crippen molar-refractivity contribution in [3.8, 4) is 0 Å². The van der Waals surface area contributed by atoms with Gasteiger partial charge in [0.2, 0.25) is 10.0 Å². The molecule has 0 saturated heterocycles. The summed E-state index contributed by atoms with van der Waals surface area (Å²) in [5.41, 5.74) is 1.97. The Morgan fingerprint density at radius 2 is 1.96 bits per heavy atom. The number of hydrogen-bond donors (Lipinski definition) is 0. The third-order valence-corrected chi connectivity index (χ3v) is 6.56. The van der Waals surface area contributed by atoms with E-state index < -0.39 is 10.0 Å². The SMILES string of the molecule is Cc1cccc2nc(CSc3ccc(S(=O)(=O)N(C)C)cn3)cc(=O)n12. The van der Waals surface area contributed by atoms with Crippen LogP contribution in [0, 0.1) is 6.92 Å². The Kier molecular flexibility index (Phi) is 5.12. The minimum absolute atomic E-state index is 0.121. The third kappa shape index (κ3) is 3.64. The molecule has 0 aliphatic heterocycles. The van der Waals surface area contributed by atoms with Crippen LogP contribution in [0.25, 0.3) is 5.65 Å². The number of rotatable bonds is 5. The molecule has 0 aliphatic carbocycles. The fourth-order valence-electron chi connectivity index (χ4n) is 2.40. The summed E-state index contributed by atoms with van der Waals surface area (Å²) in [5.74, 6) is 0.465. The second-order valence-electron chi connectivity index (χ2n) is 5.85. The fraction of sp³-hybridized carbons (Fsp3) is 0.235. The highest BCUT2D eigenvalue weighted by Gasteiger charge is 2.17. The molecule has 0 aromatic carbocycles. The summed E-state index contributed by atoms with van der Waals surface area (Å²) in [6.45, 7) is 1.86. The second-order valence-corrected chi connectivity index (χ2v) is 9.00. The van der Waals surface area contributed by atoms with Crippen molar-refractivity contribution >= 4 is 27.4 Å². The van der Waals surface area contributed by atoms with Gasteiger partial charge >= 0.3 is 0 Å². The van der Waals surface area contributed by atoms with Crippen LogP contribution in [0.1, 0.15) is 11.4 Å². The quantitative estimate of drug-likeness (QED) is 0.619. The van der Waals surface area contributed by atoms with Gasteiger partial charge in [-0.15, -0.1) is 11.8 Å².